The molecule has 2 aliphatic heterocycles. The Hall–Kier alpha value is -1.70. The van der Waals surface area contributed by atoms with Gasteiger partial charge in [0.25, 0.3) is 0 Å². The number of allylic oxidation sites excluding steroid dienone is 1. The van der Waals surface area contributed by atoms with Crippen molar-refractivity contribution < 1.29 is 27.8 Å². The SMILES string of the molecule is C/C(=C\c1ccc(O)c(F)c1)CC[C@H]1OC[C@H]2C1=C(CO)CS2(=O)=O. The third-order valence-corrected chi connectivity index (χ3v) is 6.74. The number of phenols is 1. The van der Waals surface area contributed by atoms with Crippen LogP contribution in [0.2, 0.25) is 0 Å². The van der Waals surface area contributed by atoms with Crippen molar-refractivity contribution in [2.75, 3.05) is 19.0 Å². The van der Waals surface area contributed by atoms with Gasteiger partial charge in [-0.1, -0.05) is 17.7 Å². The number of fused-ring (bicyclic) bond motifs is 1. The predicted octanol–water partition coefficient (Wildman–Crippen LogP) is 2.20. The van der Waals surface area contributed by atoms with E-state index in [2.05, 4.69) is 0 Å². The first-order valence-corrected chi connectivity index (χ1v) is 9.85. The molecule has 0 amide bonds. The zero-order valence-corrected chi connectivity index (χ0v) is 14.7. The van der Waals surface area contributed by atoms with Crippen LogP contribution >= 0.6 is 0 Å². The van der Waals surface area contributed by atoms with Crippen molar-refractivity contribution in [3.05, 3.63) is 46.3 Å². The molecule has 25 heavy (non-hydrogen) atoms. The number of rotatable bonds is 5. The largest absolute Gasteiger partial charge is 0.505 e. The standard InChI is InChI=1S/C18H21FO5S/c1-11(6-12-3-4-15(21)14(19)7-12)2-5-16-18-13(8-20)10-25(22,23)17(18)9-24-16/h3-4,6-7,16-17,20-21H,2,5,8-10H2,1H3/b11-6+/t16-,17+/m1/s1. The molecule has 0 bridgehead atoms. The average molecular weight is 368 g/mol. The van der Waals surface area contributed by atoms with Gasteiger partial charge in [-0.15, -0.1) is 0 Å². The minimum Gasteiger partial charge on any atom is -0.505 e. The fourth-order valence-electron chi connectivity index (χ4n) is 3.47. The second kappa shape index (κ2) is 6.90. The number of ether oxygens (including phenoxy) is 1. The topological polar surface area (TPSA) is 83.8 Å². The number of hydrogen-bond acceptors (Lipinski definition) is 5. The van der Waals surface area contributed by atoms with E-state index >= 15 is 0 Å². The second-order valence-electron chi connectivity index (χ2n) is 6.58. The van der Waals surface area contributed by atoms with Gasteiger partial charge in [0.15, 0.2) is 21.4 Å². The Morgan fingerprint density at radius 2 is 2.20 bits per heavy atom. The molecule has 2 heterocycles. The van der Waals surface area contributed by atoms with Crippen LogP contribution in [0.25, 0.3) is 6.08 Å². The Morgan fingerprint density at radius 1 is 1.44 bits per heavy atom. The molecule has 3 rings (SSSR count). The molecule has 0 radical (unpaired) electrons. The lowest BCUT2D eigenvalue weighted by Crippen LogP contribution is -2.19. The van der Waals surface area contributed by atoms with Crippen LogP contribution in [0.15, 0.2) is 34.9 Å². The van der Waals surface area contributed by atoms with Gasteiger partial charge >= 0.3 is 0 Å². The molecule has 2 atom stereocenters. The predicted molar refractivity (Wildman–Crippen MR) is 92.4 cm³/mol. The molecule has 0 aliphatic carbocycles. The van der Waals surface area contributed by atoms with E-state index in [1.54, 1.807) is 6.07 Å². The summed E-state index contributed by atoms with van der Waals surface area (Å²) in [6, 6.07) is 4.19. The van der Waals surface area contributed by atoms with Crippen LogP contribution in [0.3, 0.4) is 0 Å². The molecule has 5 nitrogen and oxygen atoms in total. The molecule has 1 aromatic carbocycles. The quantitative estimate of drug-likeness (QED) is 0.779. The monoisotopic (exact) mass is 368 g/mol. The number of sulfone groups is 1. The number of benzene rings is 1. The third-order valence-electron chi connectivity index (χ3n) is 4.74. The van der Waals surface area contributed by atoms with Crippen molar-refractivity contribution in [3.8, 4) is 5.75 Å². The zero-order chi connectivity index (χ0) is 18.2. The van der Waals surface area contributed by atoms with Crippen LogP contribution in [0.4, 0.5) is 4.39 Å². The molecule has 1 fully saturated rings. The summed E-state index contributed by atoms with van der Waals surface area (Å²) in [6.07, 6.45) is 2.78. The molecule has 2 aliphatic rings. The maximum atomic E-state index is 13.4. The minimum atomic E-state index is -3.25. The third kappa shape index (κ3) is 3.63. The smallest absolute Gasteiger partial charge is 0.165 e. The summed E-state index contributed by atoms with van der Waals surface area (Å²) in [6.45, 7) is 1.80. The minimum absolute atomic E-state index is 0.0784. The Labute approximate surface area is 146 Å². The Bertz CT molecular complexity index is 841. The molecule has 0 spiro atoms. The molecule has 0 unspecified atom stereocenters. The van der Waals surface area contributed by atoms with Crippen molar-refractivity contribution in [1.29, 1.82) is 0 Å². The Balaban J connectivity index is 1.69. The van der Waals surface area contributed by atoms with Gasteiger partial charge in [-0.05, 0) is 48.6 Å². The highest BCUT2D eigenvalue weighted by Gasteiger charge is 2.46. The molecule has 0 aromatic heterocycles. The van der Waals surface area contributed by atoms with Gasteiger partial charge in [0, 0.05) is 0 Å². The van der Waals surface area contributed by atoms with E-state index in [1.165, 1.54) is 12.1 Å². The van der Waals surface area contributed by atoms with Gasteiger partial charge in [0.2, 0.25) is 0 Å². The lowest BCUT2D eigenvalue weighted by molar-refractivity contribution is 0.117. The molecular formula is C18H21FO5S. The summed E-state index contributed by atoms with van der Waals surface area (Å²) in [5, 5.41) is 18.0. The summed E-state index contributed by atoms with van der Waals surface area (Å²) >= 11 is 0. The summed E-state index contributed by atoms with van der Waals surface area (Å²) in [7, 11) is -3.25. The lowest BCUT2D eigenvalue weighted by atomic mass is 9.97. The first-order valence-electron chi connectivity index (χ1n) is 8.13. The number of aromatic hydroxyl groups is 1. The van der Waals surface area contributed by atoms with E-state index < -0.39 is 20.9 Å². The van der Waals surface area contributed by atoms with E-state index in [0.29, 0.717) is 24.0 Å². The number of halogens is 1. The normalized spacial score (nSPS) is 25.5. The van der Waals surface area contributed by atoms with Crippen LogP contribution in [0, 0.1) is 5.82 Å². The highest BCUT2D eigenvalue weighted by atomic mass is 32.2. The summed E-state index contributed by atoms with van der Waals surface area (Å²) in [4.78, 5) is 0. The van der Waals surface area contributed by atoms with E-state index in [0.717, 1.165) is 11.1 Å². The molecule has 2 N–H and O–H groups in total. The fraction of sp³-hybridized carbons (Fsp3) is 0.444. The van der Waals surface area contributed by atoms with Crippen molar-refractivity contribution in [2.24, 2.45) is 0 Å². The highest BCUT2D eigenvalue weighted by Crippen LogP contribution is 2.38. The maximum absolute atomic E-state index is 13.4. The highest BCUT2D eigenvalue weighted by molar-refractivity contribution is 7.92. The molecule has 0 saturated carbocycles. The first kappa shape index (κ1) is 18.1. The van der Waals surface area contributed by atoms with E-state index in [4.69, 9.17) is 4.74 Å². The summed E-state index contributed by atoms with van der Waals surface area (Å²) in [5.41, 5.74) is 2.93. The molecule has 1 aromatic rings. The van der Waals surface area contributed by atoms with Gasteiger partial charge in [-0.2, -0.15) is 0 Å². The maximum Gasteiger partial charge on any atom is 0.165 e. The molecular weight excluding hydrogens is 347 g/mol. The van der Waals surface area contributed by atoms with E-state index in [-0.39, 0.29) is 30.8 Å². The van der Waals surface area contributed by atoms with Crippen molar-refractivity contribution >= 4 is 15.9 Å². The summed E-state index contributed by atoms with van der Waals surface area (Å²) in [5.74, 6) is -1.13. The Kier molecular flexibility index (Phi) is 4.99. The van der Waals surface area contributed by atoms with Crippen molar-refractivity contribution in [2.45, 2.75) is 31.1 Å². The van der Waals surface area contributed by atoms with Crippen LogP contribution in [-0.4, -0.2) is 49.0 Å². The van der Waals surface area contributed by atoms with Crippen LogP contribution in [-0.2, 0) is 14.6 Å². The second-order valence-corrected chi connectivity index (χ2v) is 8.76. The van der Waals surface area contributed by atoms with Gasteiger partial charge in [-0.3, -0.25) is 0 Å². The fourth-order valence-corrected chi connectivity index (χ4v) is 5.41. The van der Waals surface area contributed by atoms with Crippen LogP contribution in [0.5, 0.6) is 5.75 Å². The molecule has 1 saturated heterocycles. The van der Waals surface area contributed by atoms with Gasteiger partial charge in [0.1, 0.15) is 5.25 Å². The van der Waals surface area contributed by atoms with E-state index in [1.807, 2.05) is 13.0 Å². The number of phenolic OH excluding ortho intramolecular Hbond substituents is 1. The van der Waals surface area contributed by atoms with Crippen LogP contribution in [0.1, 0.15) is 25.3 Å². The van der Waals surface area contributed by atoms with Gasteiger partial charge in [0.05, 0.1) is 25.1 Å². The number of aliphatic hydroxyl groups is 1. The van der Waals surface area contributed by atoms with E-state index in [9.17, 15) is 23.0 Å². The van der Waals surface area contributed by atoms with Gasteiger partial charge in [-0.25, -0.2) is 12.8 Å². The van der Waals surface area contributed by atoms with Crippen LogP contribution < -0.4 is 0 Å². The zero-order valence-electron chi connectivity index (χ0n) is 13.9. The lowest BCUT2D eigenvalue weighted by Gasteiger charge is -2.13. The van der Waals surface area contributed by atoms with Gasteiger partial charge < -0.3 is 14.9 Å². The average Bonchev–Trinajstić information content (AvgIpc) is 3.09. The Morgan fingerprint density at radius 3 is 2.88 bits per heavy atom. The number of hydrogen-bond donors (Lipinski definition) is 2. The van der Waals surface area contributed by atoms with Crippen molar-refractivity contribution in [3.63, 3.8) is 0 Å². The first-order chi connectivity index (χ1) is 11.8. The molecule has 7 heteroatoms. The summed E-state index contributed by atoms with van der Waals surface area (Å²) < 4.78 is 43.2. The molecule has 136 valence electrons. The number of aliphatic hydroxyl groups excluding tert-OH is 1. The van der Waals surface area contributed by atoms with Crippen molar-refractivity contribution in [1.82, 2.24) is 0 Å².